The average Bonchev–Trinajstić information content (AvgIpc) is 3.16. The van der Waals surface area contributed by atoms with Crippen molar-refractivity contribution in [3.05, 3.63) is 59.7 Å². The number of carboxylic acid groups (broad SMARTS) is 1. The van der Waals surface area contributed by atoms with Crippen molar-refractivity contribution >= 4 is 18.0 Å². The summed E-state index contributed by atoms with van der Waals surface area (Å²) in [6.07, 6.45) is 2.99. The summed E-state index contributed by atoms with van der Waals surface area (Å²) in [5, 5.41) is 12.3. The van der Waals surface area contributed by atoms with E-state index in [-0.39, 0.29) is 24.9 Å². The van der Waals surface area contributed by atoms with Gasteiger partial charge in [0.1, 0.15) is 12.6 Å². The Morgan fingerprint density at radius 1 is 1.06 bits per heavy atom. The number of fused-ring (bicyclic) bond motifs is 3. The number of carbonyl (C=O) groups excluding carboxylic acids is 2. The molecule has 2 N–H and O–H groups in total. The van der Waals surface area contributed by atoms with E-state index in [0.29, 0.717) is 19.4 Å². The van der Waals surface area contributed by atoms with Gasteiger partial charge in [-0.25, -0.2) is 9.59 Å². The first kappa shape index (κ1) is 23.8. The van der Waals surface area contributed by atoms with Crippen LogP contribution >= 0.6 is 0 Å². The van der Waals surface area contributed by atoms with E-state index in [1.165, 1.54) is 4.90 Å². The summed E-state index contributed by atoms with van der Waals surface area (Å²) in [5.74, 6) is -1.23. The Kier molecular flexibility index (Phi) is 7.50. The van der Waals surface area contributed by atoms with Crippen LogP contribution in [0.3, 0.4) is 0 Å². The number of rotatable bonds is 8. The van der Waals surface area contributed by atoms with Gasteiger partial charge in [-0.15, -0.1) is 0 Å². The maximum atomic E-state index is 12.9. The maximum Gasteiger partial charge on any atom is 0.407 e. The van der Waals surface area contributed by atoms with Crippen LogP contribution in [-0.4, -0.2) is 53.2 Å². The van der Waals surface area contributed by atoms with Gasteiger partial charge in [-0.3, -0.25) is 4.79 Å². The fourth-order valence-electron chi connectivity index (χ4n) is 5.20. The third-order valence-electron chi connectivity index (χ3n) is 6.83. The van der Waals surface area contributed by atoms with Gasteiger partial charge in [-0.2, -0.15) is 0 Å². The molecule has 34 heavy (non-hydrogen) atoms. The van der Waals surface area contributed by atoms with E-state index in [0.717, 1.165) is 41.5 Å². The van der Waals surface area contributed by atoms with Crippen molar-refractivity contribution < 1.29 is 24.2 Å². The van der Waals surface area contributed by atoms with Gasteiger partial charge in [0, 0.05) is 24.9 Å². The topological polar surface area (TPSA) is 95.9 Å². The molecule has 4 rings (SSSR count). The summed E-state index contributed by atoms with van der Waals surface area (Å²) in [6.45, 7) is 2.64. The van der Waals surface area contributed by atoms with Gasteiger partial charge in [0.2, 0.25) is 5.91 Å². The molecule has 180 valence electrons. The van der Waals surface area contributed by atoms with Crippen LogP contribution in [0.15, 0.2) is 48.5 Å². The molecule has 1 saturated heterocycles. The smallest absolute Gasteiger partial charge is 0.407 e. The first-order valence-corrected chi connectivity index (χ1v) is 12.1. The molecule has 2 amide bonds. The van der Waals surface area contributed by atoms with Crippen LogP contribution in [0.5, 0.6) is 0 Å². The van der Waals surface area contributed by atoms with E-state index in [1.807, 2.05) is 31.2 Å². The normalized spacial score (nSPS) is 18.0. The van der Waals surface area contributed by atoms with Gasteiger partial charge >= 0.3 is 12.1 Å². The second-order valence-corrected chi connectivity index (χ2v) is 9.10. The first-order chi connectivity index (χ1) is 16.5. The number of hydrogen-bond acceptors (Lipinski definition) is 4. The van der Waals surface area contributed by atoms with Crippen LogP contribution in [-0.2, 0) is 14.3 Å². The summed E-state index contributed by atoms with van der Waals surface area (Å²) >= 11 is 0. The number of ether oxygens (including phenoxy) is 1. The van der Waals surface area contributed by atoms with Gasteiger partial charge in [-0.1, -0.05) is 61.9 Å². The largest absolute Gasteiger partial charge is 0.480 e. The SMILES string of the molecule is CCC[C@H](CC(=O)N1CCCC[C@H]1C(=O)O)NC(=O)OCC1c2ccccc2-c2ccccc21. The Bertz CT molecular complexity index is 1010. The third-order valence-corrected chi connectivity index (χ3v) is 6.83. The molecule has 2 aliphatic rings. The number of alkyl carbamates (subject to hydrolysis) is 1. The molecule has 7 heteroatoms. The Labute approximate surface area is 200 Å². The molecular weight excluding hydrogens is 432 g/mol. The molecule has 0 spiro atoms. The van der Waals surface area contributed by atoms with E-state index in [1.54, 1.807) is 0 Å². The lowest BCUT2D eigenvalue weighted by Gasteiger charge is -2.34. The highest BCUT2D eigenvalue weighted by Crippen LogP contribution is 2.44. The second-order valence-electron chi connectivity index (χ2n) is 9.10. The lowest BCUT2D eigenvalue weighted by atomic mass is 9.98. The molecule has 1 fully saturated rings. The second kappa shape index (κ2) is 10.7. The standard InChI is InChI=1S/C27H32N2O5/c1-2-9-18(16-25(30)29-15-8-7-14-24(29)26(31)32)28-27(33)34-17-23-21-12-5-3-10-19(21)20-11-4-6-13-22(20)23/h3-6,10-13,18,23-24H,2,7-9,14-17H2,1H3,(H,28,33)(H,31,32)/t18-,24+/m1/s1. The Morgan fingerprint density at radius 2 is 1.71 bits per heavy atom. The number of carboxylic acids is 1. The number of carbonyl (C=O) groups is 3. The van der Waals surface area contributed by atoms with Crippen molar-refractivity contribution in [3.8, 4) is 11.1 Å². The lowest BCUT2D eigenvalue weighted by molar-refractivity contribution is -0.152. The fraction of sp³-hybridized carbons (Fsp3) is 0.444. The van der Waals surface area contributed by atoms with Gasteiger partial charge in [0.15, 0.2) is 0 Å². The van der Waals surface area contributed by atoms with Gasteiger partial charge in [-0.05, 0) is 47.9 Å². The Morgan fingerprint density at radius 3 is 2.32 bits per heavy atom. The van der Waals surface area contributed by atoms with Crippen LogP contribution in [0.2, 0.25) is 0 Å². The fourth-order valence-corrected chi connectivity index (χ4v) is 5.20. The summed E-state index contributed by atoms with van der Waals surface area (Å²) < 4.78 is 5.63. The van der Waals surface area contributed by atoms with E-state index in [9.17, 15) is 19.5 Å². The number of amides is 2. The van der Waals surface area contributed by atoms with Crippen molar-refractivity contribution in [2.75, 3.05) is 13.2 Å². The number of benzene rings is 2. The molecule has 2 aromatic rings. The van der Waals surface area contributed by atoms with Crippen molar-refractivity contribution in [1.82, 2.24) is 10.2 Å². The predicted octanol–water partition coefficient (Wildman–Crippen LogP) is 4.55. The van der Waals surface area contributed by atoms with Crippen molar-refractivity contribution in [2.24, 2.45) is 0 Å². The van der Waals surface area contributed by atoms with Gasteiger partial charge in [0.25, 0.3) is 0 Å². The lowest BCUT2D eigenvalue weighted by Crippen LogP contribution is -2.50. The number of nitrogens with one attached hydrogen (secondary N) is 1. The quantitative estimate of drug-likeness (QED) is 0.598. The maximum absolute atomic E-state index is 12.9. The van der Waals surface area contributed by atoms with Crippen LogP contribution < -0.4 is 5.32 Å². The number of likely N-dealkylation sites (tertiary alicyclic amines) is 1. The molecule has 0 bridgehead atoms. The van der Waals surface area contributed by atoms with Crippen LogP contribution in [0.4, 0.5) is 4.79 Å². The van der Waals surface area contributed by atoms with E-state index in [4.69, 9.17) is 4.74 Å². The van der Waals surface area contributed by atoms with E-state index in [2.05, 4.69) is 29.6 Å². The minimum Gasteiger partial charge on any atom is -0.480 e. The van der Waals surface area contributed by atoms with Crippen molar-refractivity contribution in [3.63, 3.8) is 0 Å². The molecule has 2 aromatic carbocycles. The summed E-state index contributed by atoms with van der Waals surface area (Å²) in [5.41, 5.74) is 4.61. The minimum atomic E-state index is -0.968. The predicted molar refractivity (Wildman–Crippen MR) is 129 cm³/mol. The van der Waals surface area contributed by atoms with E-state index < -0.39 is 24.1 Å². The zero-order valence-corrected chi connectivity index (χ0v) is 19.5. The zero-order chi connectivity index (χ0) is 24.1. The molecule has 7 nitrogen and oxygen atoms in total. The number of aliphatic carboxylic acids is 1. The molecule has 0 saturated carbocycles. The Balaban J connectivity index is 1.37. The first-order valence-electron chi connectivity index (χ1n) is 12.1. The van der Waals surface area contributed by atoms with Crippen molar-refractivity contribution in [2.45, 2.75) is 63.5 Å². The van der Waals surface area contributed by atoms with Crippen LogP contribution in [0, 0.1) is 0 Å². The third kappa shape index (κ3) is 5.08. The highest BCUT2D eigenvalue weighted by molar-refractivity contribution is 5.84. The Hall–Kier alpha value is -3.35. The average molecular weight is 465 g/mol. The van der Waals surface area contributed by atoms with Gasteiger partial charge in [0.05, 0.1) is 0 Å². The van der Waals surface area contributed by atoms with Gasteiger partial charge < -0.3 is 20.1 Å². The molecule has 1 heterocycles. The number of piperidine rings is 1. The monoisotopic (exact) mass is 464 g/mol. The molecule has 1 aliphatic heterocycles. The molecular formula is C27H32N2O5. The molecule has 0 unspecified atom stereocenters. The highest BCUT2D eigenvalue weighted by atomic mass is 16.5. The minimum absolute atomic E-state index is 0.0333. The molecule has 0 aromatic heterocycles. The zero-order valence-electron chi connectivity index (χ0n) is 19.5. The number of nitrogens with zero attached hydrogens (tertiary/aromatic N) is 1. The summed E-state index contributed by atoms with van der Waals surface area (Å²) in [6, 6.07) is 15.1. The van der Waals surface area contributed by atoms with Crippen molar-refractivity contribution in [1.29, 1.82) is 0 Å². The summed E-state index contributed by atoms with van der Waals surface area (Å²) in [4.78, 5) is 38.6. The van der Waals surface area contributed by atoms with Crippen LogP contribution in [0.25, 0.3) is 11.1 Å². The van der Waals surface area contributed by atoms with Crippen LogP contribution in [0.1, 0.15) is 62.5 Å². The molecule has 0 radical (unpaired) electrons. The molecule has 2 atom stereocenters. The highest BCUT2D eigenvalue weighted by Gasteiger charge is 2.33. The van der Waals surface area contributed by atoms with E-state index >= 15 is 0 Å². The molecule has 1 aliphatic carbocycles. The number of hydrogen-bond donors (Lipinski definition) is 2. The summed E-state index contributed by atoms with van der Waals surface area (Å²) in [7, 11) is 0.